The molecule has 0 spiro atoms. The lowest BCUT2D eigenvalue weighted by Gasteiger charge is -2.14. The molecule has 118 valence electrons. The molecule has 3 rings (SSSR count). The van der Waals surface area contributed by atoms with Gasteiger partial charge in [0.1, 0.15) is 6.54 Å². The minimum absolute atomic E-state index is 0.189. The molecule has 1 saturated heterocycles. The van der Waals surface area contributed by atoms with Crippen molar-refractivity contribution in [3.05, 3.63) is 34.4 Å². The lowest BCUT2D eigenvalue weighted by Crippen LogP contribution is -2.27. The summed E-state index contributed by atoms with van der Waals surface area (Å²) < 4.78 is 40.0. The second-order valence-corrected chi connectivity index (χ2v) is 6.36. The Morgan fingerprint density at radius 3 is 2.55 bits per heavy atom. The highest BCUT2D eigenvalue weighted by Gasteiger charge is 2.30. The average Bonchev–Trinajstić information content (AvgIpc) is 3.05. The molecule has 1 aliphatic heterocycles. The van der Waals surface area contributed by atoms with Crippen LogP contribution >= 0.6 is 15.9 Å². The van der Waals surface area contributed by atoms with Crippen molar-refractivity contribution in [1.29, 1.82) is 0 Å². The monoisotopic (exact) mass is 374 g/mol. The van der Waals surface area contributed by atoms with Crippen molar-refractivity contribution in [3.63, 3.8) is 0 Å². The average molecular weight is 375 g/mol. The van der Waals surface area contributed by atoms with E-state index in [0.29, 0.717) is 34.0 Å². The number of fused-ring (bicyclic) bond motifs is 1. The fourth-order valence-corrected chi connectivity index (χ4v) is 3.20. The van der Waals surface area contributed by atoms with Crippen LogP contribution in [-0.2, 0) is 6.54 Å². The van der Waals surface area contributed by atoms with Crippen molar-refractivity contribution in [2.45, 2.75) is 25.6 Å². The van der Waals surface area contributed by atoms with Crippen LogP contribution in [-0.4, -0.2) is 34.6 Å². The molecule has 2 aromatic rings. The van der Waals surface area contributed by atoms with E-state index in [4.69, 9.17) is 0 Å². The predicted molar refractivity (Wildman–Crippen MR) is 80.8 cm³/mol. The number of carbonyl (C=O) groups excluding carboxylic acids is 1. The number of hydrogen-bond acceptors (Lipinski definition) is 1. The molecule has 1 fully saturated rings. The summed E-state index contributed by atoms with van der Waals surface area (Å²) in [5.74, 6) is -0.189. The van der Waals surface area contributed by atoms with E-state index in [1.54, 1.807) is 23.1 Å². The second kappa shape index (κ2) is 5.61. The van der Waals surface area contributed by atoms with Gasteiger partial charge in [-0.25, -0.2) is 0 Å². The highest BCUT2D eigenvalue weighted by atomic mass is 79.9. The number of nitrogens with zero attached hydrogens (tertiary/aromatic N) is 2. The summed E-state index contributed by atoms with van der Waals surface area (Å²) in [4.78, 5) is 14.2. The van der Waals surface area contributed by atoms with Gasteiger partial charge in [0.15, 0.2) is 0 Å². The summed E-state index contributed by atoms with van der Waals surface area (Å²) in [5, 5.41) is 0.560. The zero-order valence-electron chi connectivity index (χ0n) is 11.7. The number of alkyl halides is 3. The first-order valence-corrected chi connectivity index (χ1v) is 7.79. The Morgan fingerprint density at radius 2 is 1.91 bits per heavy atom. The number of halogens is 4. The highest BCUT2D eigenvalue weighted by molar-refractivity contribution is 9.10. The molecule has 1 aromatic carbocycles. The van der Waals surface area contributed by atoms with Gasteiger partial charge in [-0.05, 0) is 25.0 Å². The van der Waals surface area contributed by atoms with Gasteiger partial charge in [-0.3, -0.25) is 4.79 Å². The molecule has 1 aliphatic rings. The fourth-order valence-electron chi connectivity index (χ4n) is 2.85. The molecule has 7 heteroatoms. The summed E-state index contributed by atoms with van der Waals surface area (Å²) in [6, 6.07) is 5.04. The standard InChI is InChI=1S/C15H14BrF3N2O/c16-10-3-4-11-12(14(22)20-5-1-2-6-20)8-21(13(11)7-10)9-15(17,18)19/h3-4,7-8H,1-2,5-6,9H2. The van der Waals surface area contributed by atoms with Crippen LogP contribution in [0.4, 0.5) is 13.2 Å². The Bertz CT molecular complexity index is 717. The van der Waals surface area contributed by atoms with E-state index < -0.39 is 12.7 Å². The quantitative estimate of drug-likeness (QED) is 0.773. The minimum atomic E-state index is -4.33. The van der Waals surface area contributed by atoms with Gasteiger partial charge in [0.25, 0.3) is 5.91 Å². The lowest BCUT2D eigenvalue weighted by molar-refractivity contribution is -0.139. The molecule has 0 saturated carbocycles. The first-order chi connectivity index (χ1) is 10.3. The van der Waals surface area contributed by atoms with Crippen LogP contribution in [0.2, 0.25) is 0 Å². The van der Waals surface area contributed by atoms with Gasteiger partial charge in [0, 0.05) is 29.1 Å². The summed E-state index contributed by atoms with van der Waals surface area (Å²) in [6.45, 7) is 0.232. The lowest BCUT2D eigenvalue weighted by atomic mass is 10.1. The zero-order chi connectivity index (χ0) is 15.9. The largest absolute Gasteiger partial charge is 0.406 e. The molecule has 3 nitrogen and oxygen atoms in total. The van der Waals surface area contributed by atoms with Gasteiger partial charge in [0.2, 0.25) is 0 Å². The molecular weight excluding hydrogens is 361 g/mol. The molecule has 0 aliphatic carbocycles. The topological polar surface area (TPSA) is 25.2 Å². The number of carbonyl (C=O) groups is 1. The highest BCUT2D eigenvalue weighted by Crippen LogP contribution is 2.29. The Hall–Kier alpha value is -1.50. The van der Waals surface area contributed by atoms with Crippen molar-refractivity contribution in [1.82, 2.24) is 9.47 Å². The van der Waals surface area contributed by atoms with E-state index >= 15 is 0 Å². The smallest absolute Gasteiger partial charge is 0.339 e. The van der Waals surface area contributed by atoms with Crippen LogP contribution < -0.4 is 0 Å². The first-order valence-electron chi connectivity index (χ1n) is 6.99. The van der Waals surface area contributed by atoms with Crippen LogP contribution in [0.5, 0.6) is 0 Å². The fraction of sp³-hybridized carbons (Fsp3) is 0.400. The SMILES string of the molecule is O=C(c1cn(CC(F)(F)F)c2cc(Br)ccc12)N1CCCC1. The molecule has 22 heavy (non-hydrogen) atoms. The molecule has 0 radical (unpaired) electrons. The van der Waals surface area contributed by atoms with Crippen LogP contribution in [0.3, 0.4) is 0 Å². The Labute approximate surface area is 133 Å². The second-order valence-electron chi connectivity index (χ2n) is 5.45. The normalized spacial score (nSPS) is 15.7. The van der Waals surface area contributed by atoms with E-state index in [2.05, 4.69) is 15.9 Å². The molecule has 1 aromatic heterocycles. The van der Waals surface area contributed by atoms with E-state index in [-0.39, 0.29) is 5.91 Å². The van der Waals surface area contributed by atoms with E-state index in [9.17, 15) is 18.0 Å². The van der Waals surface area contributed by atoms with Gasteiger partial charge >= 0.3 is 6.18 Å². The summed E-state index contributed by atoms with van der Waals surface area (Å²) in [5.41, 5.74) is 0.753. The molecule has 0 N–H and O–H groups in total. The van der Waals surface area contributed by atoms with E-state index in [0.717, 1.165) is 17.4 Å². The number of benzene rings is 1. The van der Waals surface area contributed by atoms with Gasteiger partial charge < -0.3 is 9.47 Å². The van der Waals surface area contributed by atoms with Crippen LogP contribution in [0, 0.1) is 0 Å². The molecule has 2 heterocycles. The summed E-state index contributed by atoms with van der Waals surface area (Å²) in [6.07, 6.45) is -1.12. The summed E-state index contributed by atoms with van der Waals surface area (Å²) >= 11 is 3.27. The van der Waals surface area contributed by atoms with Crippen LogP contribution in [0.25, 0.3) is 10.9 Å². The maximum atomic E-state index is 12.8. The number of aromatic nitrogens is 1. The number of likely N-dealkylation sites (tertiary alicyclic amines) is 1. The Morgan fingerprint density at radius 1 is 1.23 bits per heavy atom. The third-order valence-electron chi connectivity index (χ3n) is 3.82. The van der Waals surface area contributed by atoms with Gasteiger partial charge in [0.05, 0.1) is 11.1 Å². The van der Waals surface area contributed by atoms with Crippen LogP contribution in [0.1, 0.15) is 23.2 Å². The maximum absolute atomic E-state index is 12.8. The van der Waals surface area contributed by atoms with Crippen LogP contribution in [0.15, 0.2) is 28.9 Å². The molecule has 0 unspecified atom stereocenters. The Kier molecular flexibility index (Phi) is 3.92. The molecule has 0 atom stereocenters. The van der Waals surface area contributed by atoms with Crippen molar-refractivity contribution in [2.75, 3.05) is 13.1 Å². The third kappa shape index (κ3) is 2.99. The number of hydrogen-bond donors (Lipinski definition) is 0. The van der Waals surface area contributed by atoms with E-state index in [1.807, 2.05) is 0 Å². The van der Waals surface area contributed by atoms with Crippen molar-refractivity contribution < 1.29 is 18.0 Å². The Balaban J connectivity index is 2.08. The number of rotatable bonds is 2. The van der Waals surface area contributed by atoms with Gasteiger partial charge in [-0.15, -0.1) is 0 Å². The molecule has 1 amide bonds. The number of amides is 1. The maximum Gasteiger partial charge on any atom is 0.406 e. The molecule has 0 bridgehead atoms. The predicted octanol–water partition coefficient (Wildman–Crippen LogP) is 4.20. The summed E-state index contributed by atoms with van der Waals surface area (Å²) in [7, 11) is 0. The van der Waals surface area contributed by atoms with Gasteiger partial charge in [-0.2, -0.15) is 13.2 Å². The minimum Gasteiger partial charge on any atom is -0.339 e. The van der Waals surface area contributed by atoms with Crippen molar-refractivity contribution in [2.24, 2.45) is 0 Å². The third-order valence-corrected chi connectivity index (χ3v) is 4.31. The van der Waals surface area contributed by atoms with Gasteiger partial charge in [-0.1, -0.05) is 22.0 Å². The molecular formula is C15H14BrF3N2O. The first kappa shape index (κ1) is 15.4. The van der Waals surface area contributed by atoms with Crippen molar-refractivity contribution >= 4 is 32.7 Å². The van der Waals surface area contributed by atoms with Crippen molar-refractivity contribution in [3.8, 4) is 0 Å². The van der Waals surface area contributed by atoms with E-state index in [1.165, 1.54) is 6.20 Å². The zero-order valence-corrected chi connectivity index (χ0v) is 13.2.